The summed E-state index contributed by atoms with van der Waals surface area (Å²) >= 11 is 0. The highest BCUT2D eigenvalue weighted by atomic mass is 16.6. The van der Waals surface area contributed by atoms with Crippen molar-refractivity contribution in [2.45, 2.75) is 51.7 Å². The summed E-state index contributed by atoms with van der Waals surface area (Å²) in [6.45, 7) is 10.3. The Morgan fingerprint density at radius 2 is 2.00 bits per heavy atom. The molecule has 3 aromatic heterocycles. The molecule has 0 saturated carbocycles. The Morgan fingerprint density at radius 1 is 1.19 bits per heavy atom. The van der Waals surface area contributed by atoms with Gasteiger partial charge in [-0.15, -0.1) is 5.10 Å². The average Bonchev–Trinajstić information content (AvgIpc) is 2.94. The van der Waals surface area contributed by atoms with E-state index in [1.165, 1.54) is 0 Å². The van der Waals surface area contributed by atoms with Gasteiger partial charge in [-0.25, -0.2) is 30.1 Å². The summed E-state index contributed by atoms with van der Waals surface area (Å²) in [5.41, 5.74) is 9.15. The zero-order valence-corrected chi connectivity index (χ0v) is 15.8. The molecule has 0 aromatic carbocycles. The Bertz CT molecular complexity index is 1010. The molecule has 0 unspecified atom stereocenters. The second kappa shape index (κ2) is 5.42. The molecule has 0 bridgehead atoms. The standard InChI is InChI=1S/C16H22N10O/c1-9-10(21-27-20-9)7-26-13-11(19-24-26)12(17-14(18-13)15(2,3)4)25-6-5-16(8-25)22-23-16/h22-23H,5-8H2,1-4H3. The number of fused-ring (bicyclic) bond motifs is 1. The monoisotopic (exact) mass is 370 g/mol. The van der Waals surface area contributed by atoms with Crippen molar-refractivity contribution < 1.29 is 4.63 Å². The number of anilines is 1. The fourth-order valence-corrected chi connectivity index (χ4v) is 3.32. The predicted octanol–water partition coefficient (Wildman–Crippen LogP) is 0.273. The van der Waals surface area contributed by atoms with Crippen LogP contribution >= 0.6 is 0 Å². The van der Waals surface area contributed by atoms with Gasteiger partial charge in [0.05, 0.1) is 13.1 Å². The van der Waals surface area contributed by atoms with Crippen LogP contribution in [0.15, 0.2) is 4.63 Å². The van der Waals surface area contributed by atoms with Gasteiger partial charge in [-0.3, -0.25) is 0 Å². The van der Waals surface area contributed by atoms with Gasteiger partial charge < -0.3 is 4.90 Å². The van der Waals surface area contributed by atoms with Crippen molar-refractivity contribution in [3.8, 4) is 0 Å². The van der Waals surface area contributed by atoms with Crippen molar-refractivity contribution in [2.24, 2.45) is 0 Å². The third-order valence-corrected chi connectivity index (χ3v) is 5.11. The van der Waals surface area contributed by atoms with Gasteiger partial charge >= 0.3 is 0 Å². The van der Waals surface area contributed by atoms with Gasteiger partial charge in [0.25, 0.3) is 0 Å². The Balaban J connectivity index is 1.62. The quantitative estimate of drug-likeness (QED) is 0.617. The molecule has 0 radical (unpaired) electrons. The minimum atomic E-state index is -0.198. The fourth-order valence-electron chi connectivity index (χ4n) is 3.32. The number of nitrogens with one attached hydrogen (secondary N) is 2. The summed E-state index contributed by atoms with van der Waals surface area (Å²) < 4.78 is 6.54. The second-order valence-electron chi connectivity index (χ2n) is 8.34. The number of hydrogen-bond donors (Lipinski definition) is 2. The van der Waals surface area contributed by atoms with Crippen LogP contribution in [-0.2, 0) is 12.0 Å². The lowest BCUT2D eigenvalue weighted by Gasteiger charge is -2.21. The van der Waals surface area contributed by atoms with Crippen molar-refractivity contribution in [3.63, 3.8) is 0 Å². The lowest BCUT2D eigenvalue weighted by Crippen LogP contribution is -2.28. The minimum absolute atomic E-state index is 0.0126. The minimum Gasteiger partial charge on any atom is -0.351 e. The van der Waals surface area contributed by atoms with Crippen LogP contribution in [-0.4, -0.2) is 54.0 Å². The van der Waals surface area contributed by atoms with Gasteiger partial charge in [-0.1, -0.05) is 36.3 Å². The highest BCUT2D eigenvalue weighted by Gasteiger charge is 2.48. The van der Waals surface area contributed by atoms with Crippen molar-refractivity contribution in [2.75, 3.05) is 18.0 Å². The third kappa shape index (κ3) is 2.73. The molecule has 2 fully saturated rings. The highest BCUT2D eigenvalue weighted by Crippen LogP contribution is 2.33. The topological polar surface area (TPSA) is 143 Å². The molecule has 11 heteroatoms. The van der Waals surface area contributed by atoms with Crippen molar-refractivity contribution in [3.05, 3.63) is 17.2 Å². The van der Waals surface area contributed by atoms with E-state index in [0.717, 1.165) is 36.8 Å². The van der Waals surface area contributed by atoms with E-state index in [4.69, 9.17) is 14.6 Å². The van der Waals surface area contributed by atoms with Crippen LogP contribution in [0.4, 0.5) is 5.82 Å². The molecule has 3 aromatic rings. The molecule has 2 N–H and O–H groups in total. The van der Waals surface area contributed by atoms with E-state index in [9.17, 15) is 0 Å². The molecule has 0 amide bonds. The van der Waals surface area contributed by atoms with E-state index in [1.807, 2.05) is 6.92 Å². The van der Waals surface area contributed by atoms with E-state index in [0.29, 0.717) is 23.4 Å². The van der Waals surface area contributed by atoms with Crippen molar-refractivity contribution in [1.29, 1.82) is 0 Å². The number of hydrogen-bond acceptors (Lipinski definition) is 10. The first-order valence-electron chi connectivity index (χ1n) is 9.04. The smallest absolute Gasteiger partial charge is 0.184 e. The second-order valence-corrected chi connectivity index (χ2v) is 8.34. The lowest BCUT2D eigenvalue weighted by atomic mass is 9.96. The number of aryl methyl sites for hydroxylation is 1. The number of nitrogens with zero attached hydrogens (tertiary/aromatic N) is 8. The predicted molar refractivity (Wildman–Crippen MR) is 95.8 cm³/mol. The lowest BCUT2D eigenvalue weighted by molar-refractivity contribution is 0.300. The van der Waals surface area contributed by atoms with E-state index in [-0.39, 0.29) is 11.1 Å². The number of hydrazine groups is 1. The van der Waals surface area contributed by atoms with E-state index < -0.39 is 0 Å². The van der Waals surface area contributed by atoms with Crippen molar-refractivity contribution >= 4 is 17.0 Å². The Labute approximate surface area is 155 Å². The van der Waals surface area contributed by atoms with Crippen LogP contribution in [0.1, 0.15) is 44.4 Å². The van der Waals surface area contributed by atoms with Gasteiger partial charge in [0.15, 0.2) is 17.0 Å². The largest absolute Gasteiger partial charge is 0.351 e. The maximum absolute atomic E-state index is 4.87. The molecule has 11 nitrogen and oxygen atoms in total. The number of rotatable bonds is 3. The molecule has 1 spiro atoms. The van der Waals surface area contributed by atoms with Crippen molar-refractivity contribution in [1.82, 2.24) is 46.1 Å². The van der Waals surface area contributed by atoms with Gasteiger partial charge in [-0.05, 0) is 6.92 Å². The molecule has 2 aliphatic rings. The first-order valence-corrected chi connectivity index (χ1v) is 9.04. The van der Waals surface area contributed by atoms with Gasteiger partial charge in [0.1, 0.15) is 22.9 Å². The maximum atomic E-state index is 4.87. The van der Waals surface area contributed by atoms with E-state index >= 15 is 0 Å². The first-order chi connectivity index (χ1) is 12.8. The Morgan fingerprint density at radius 3 is 2.63 bits per heavy atom. The summed E-state index contributed by atoms with van der Waals surface area (Å²) in [7, 11) is 0. The van der Waals surface area contributed by atoms with Crippen LogP contribution in [0, 0.1) is 6.92 Å². The van der Waals surface area contributed by atoms with Gasteiger partial charge in [-0.2, -0.15) is 0 Å². The molecule has 2 aliphatic heterocycles. The molecule has 5 rings (SSSR count). The molecular formula is C16H22N10O. The van der Waals surface area contributed by atoms with Crippen LogP contribution < -0.4 is 15.8 Å². The zero-order valence-electron chi connectivity index (χ0n) is 15.8. The molecule has 5 heterocycles. The van der Waals surface area contributed by atoms with E-state index in [2.05, 4.69) is 57.1 Å². The average molecular weight is 370 g/mol. The first kappa shape index (κ1) is 16.5. The Kier molecular flexibility index (Phi) is 3.32. The SMILES string of the molecule is Cc1nonc1Cn1nnc2c(N3CCC4(C3)NN4)nc(C(C)(C)C)nc21. The molecule has 142 valence electrons. The molecule has 27 heavy (non-hydrogen) atoms. The molecule has 2 saturated heterocycles. The third-order valence-electron chi connectivity index (χ3n) is 5.11. The molecule has 0 aliphatic carbocycles. The molecule has 0 atom stereocenters. The van der Waals surface area contributed by atoms with E-state index in [1.54, 1.807) is 4.68 Å². The zero-order chi connectivity index (χ0) is 18.8. The number of aromatic nitrogens is 7. The van der Waals surface area contributed by atoms with Crippen LogP contribution in [0.2, 0.25) is 0 Å². The normalized spacial score (nSPS) is 18.7. The van der Waals surface area contributed by atoms with Crippen LogP contribution in [0.3, 0.4) is 0 Å². The summed E-state index contributed by atoms with van der Waals surface area (Å²) in [6, 6.07) is 0. The summed E-state index contributed by atoms with van der Waals surface area (Å²) in [5, 5.41) is 16.5. The van der Waals surface area contributed by atoms with Gasteiger partial charge in [0.2, 0.25) is 0 Å². The van der Waals surface area contributed by atoms with Gasteiger partial charge in [0, 0.05) is 18.4 Å². The highest BCUT2D eigenvalue weighted by molar-refractivity contribution is 5.83. The summed E-state index contributed by atoms with van der Waals surface area (Å²) in [4.78, 5) is 11.9. The Hall–Kier alpha value is -2.66. The summed E-state index contributed by atoms with van der Waals surface area (Å²) in [5.74, 6) is 1.60. The van der Waals surface area contributed by atoms with Crippen LogP contribution in [0.25, 0.3) is 11.2 Å². The maximum Gasteiger partial charge on any atom is 0.184 e. The fraction of sp³-hybridized carbons (Fsp3) is 0.625. The molecular weight excluding hydrogens is 348 g/mol. The van der Waals surface area contributed by atoms with Crippen LogP contribution in [0.5, 0.6) is 0 Å². The summed E-state index contributed by atoms with van der Waals surface area (Å²) in [6.07, 6.45) is 1.02.